The van der Waals surface area contributed by atoms with Crippen molar-refractivity contribution in [3.8, 4) is 5.75 Å². The molecule has 0 saturated carbocycles. The molecule has 0 saturated heterocycles. The van der Waals surface area contributed by atoms with Gasteiger partial charge in [0.25, 0.3) is 5.91 Å². The Labute approximate surface area is 125 Å². The van der Waals surface area contributed by atoms with Gasteiger partial charge < -0.3 is 14.7 Å². The molecule has 1 unspecified atom stereocenters. The summed E-state index contributed by atoms with van der Waals surface area (Å²) in [6.45, 7) is 10.4. The Morgan fingerprint density at radius 3 is 2.05 bits per heavy atom. The highest BCUT2D eigenvalue weighted by atomic mass is 16.5. The summed E-state index contributed by atoms with van der Waals surface area (Å²) in [6.07, 6.45) is -0.599. The van der Waals surface area contributed by atoms with Gasteiger partial charge in [0.15, 0.2) is 6.10 Å². The molecule has 116 valence electrons. The summed E-state index contributed by atoms with van der Waals surface area (Å²) < 4.78 is 5.77. The quantitative estimate of drug-likeness (QED) is 0.875. The maximum atomic E-state index is 12.2. The van der Waals surface area contributed by atoms with Crippen molar-refractivity contribution in [2.24, 2.45) is 0 Å². The Morgan fingerprint density at radius 1 is 1.19 bits per heavy atom. The molecule has 0 spiro atoms. The number of nitrogens with zero attached hydrogens (tertiary/aromatic N) is 1. The predicted octanol–water partition coefficient (Wildman–Crippen LogP) is 2.64. The number of hydrogen-bond acceptors (Lipinski definition) is 3. The van der Waals surface area contributed by atoms with E-state index in [4.69, 9.17) is 9.84 Å². The molecule has 0 aliphatic carbocycles. The monoisotopic (exact) mass is 293 g/mol. The van der Waals surface area contributed by atoms with Crippen molar-refractivity contribution in [2.45, 2.75) is 40.7 Å². The first-order chi connectivity index (χ1) is 9.81. The molecule has 21 heavy (non-hydrogen) atoms. The highest BCUT2D eigenvalue weighted by Crippen LogP contribution is 2.26. The Morgan fingerprint density at radius 2 is 1.67 bits per heavy atom. The van der Waals surface area contributed by atoms with Crippen LogP contribution in [0.25, 0.3) is 0 Å². The minimum absolute atomic E-state index is 0.0684. The van der Waals surface area contributed by atoms with Crippen LogP contribution in [0.5, 0.6) is 5.75 Å². The molecule has 1 aromatic carbocycles. The lowest BCUT2D eigenvalue weighted by atomic mass is 10.1. The molecular formula is C16H23NO4. The van der Waals surface area contributed by atoms with Crippen LogP contribution in [-0.2, 0) is 4.79 Å². The molecule has 0 aromatic heterocycles. The number of ether oxygens (including phenoxy) is 1. The number of aryl methyl sites for hydroxylation is 2. The van der Waals surface area contributed by atoms with Crippen molar-refractivity contribution >= 4 is 11.9 Å². The third-order valence-electron chi connectivity index (χ3n) is 3.42. The zero-order chi connectivity index (χ0) is 16.2. The van der Waals surface area contributed by atoms with Crippen LogP contribution < -0.4 is 4.74 Å². The predicted molar refractivity (Wildman–Crippen MR) is 80.9 cm³/mol. The highest BCUT2D eigenvalue weighted by Gasteiger charge is 2.21. The van der Waals surface area contributed by atoms with Crippen LogP contribution in [0.2, 0.25) is 0 Å². The lowest BCUT2D eigenvalue weighted by Gasteiger charge is -2.24. The van der Waals surface area contributed by atoms with Gasteiger partial charge in [-0.1, -0.05) is 0 Å². The van der Waals surface area contributed by atoms with E-state index in [9.17, 15) is 9.59 Å². The highest BCUT2D eigenvalue weighted by molar-refractivity contribution is 5.88. The van der Waals surface area contributed by atoms with Gasteiger partial charge in [0, 0.05) is 13.1 Å². The second-order valence-corrected chi connectivity index (χ2v) is 5.01. The number of carbonyl (C=O) groups is 2. The van der Waals surface area contributed by atoms with Gasteiger partial charge in [0.1, 0.15) is 5.75 Å². The molecule has 0 aliphatic heterocycles. The number of carbonyl (C=O) groups excluding carboxylic acids is 1. The van der Waals surface area contributed by atoms with E-state index in [0.29, 0.717) is 30.0 Å². The fraction of sp³-hybridized carbons (Fsp3) is 0.500. The van der Waals surface area contributed by atoms with Crippen LogP contribution in [0.3, 0.4) is 0 Å². The smallest absolute Gasteiger partial charge is 0.335 e. The molecule has 0 fully saturated rings. The van der Waals surface area contributed by atoms with E-state index in [1.807, 2.05) is 13.8 Å². The lowest BCUT2D eigenvalue weighted by Crippen LogP contribution is -2.40. The third kappa shape index (κ3) is 3.97. The number of carboxylic acid groups (broad SMARTS) is 1. The van der Waals surface area contributed by atoms with E-state index in [-0.39, 0.29) is 11.5 Å². The summed E-state index contributed by atoms with van der Waals surface area (Å²) in [5.74, 6) is -0.464. The van der Waals surface area contributed by atoms with Crippen molar-refractivity contribution < 1.29 is 19.4 Å². The van der Waals surface area contributed by atoms with Gasteiger partial charge in [-0.25, -0.2) is 4.79 Å². The summed E-state index contributed by atoms with van der Waals surface area (Å²) >= 11 is 0. The largest absolute Gasteiger partial charge is 0.480 e. The number of rotatable bonds is 6. The molecule has 0 bridgehead atoms. The number of aromatic carboxylic acids is 1. The zero-order valence-corrected chi connectivity index (χ0v) is 13.3. The fourth-order valence-corrected chi connectivity index (χ4v) is 2.28. The van der Waals surface area contributed by atoms with Crippen molar-refractivity contribution in [1.29, 1.82) is 0 Å². The van der Waals surface area contributed by atoms with E-state index in [1.165, 1.54) is 0 Å². The second-order valence-electron chi connectivity index (χ2n) is 5.01. The first-order valence-corrected chi connectivity index (χ1v) is 7.11. The molecule has 1 amide bonds. The van der Waals surface area contributed by atoms with Crippen LogP contribution in [0.1, 0.15) is 42.3 Å². The van der Waals surface area contributed by atoms with Crippen LogP contribution in [-0.4, -0.2) is 41.1 Å². The Hall–Kier alpha value is -2.04. The topological polar surface area (TPSA) is 66.8 Å². The van der Waals surface area contributed by atoms with Crippen LogP contribution in [0.4, 0.5) is 0 Å². The molecule has 1 atom stereocenters. The zero-order valence-electron chi connectivity index (χ0n) is 13.3. The first kappa shape index (κ1) is 17.0. The normalized spacial score (nSPS) is 11.9. The number of likely N-dealkylation sites (N-methyl/N-ethyl adjacent to an activating group) is 1. The van der Waals surface area contributed by atoms with Gasteiger partial charge in [-0.15, -0.1) is 0 Å². The average molecular weight is 293 g/mol. The molecule has 0 aliphatic rings. The summed E-state index contributed by atoms with van der Waals surface area (Å²) in [5.41, 5.74) is 1.65. The van der Waals surface area contributed by atoms with E-state index < -0.39 is 12.1 Å². The SMILES string of the molecule is CCN(CC)C(=O)C(C)Oc1c(C)cc(C(=O)O)cc1C. The first-order valence-electron chi connectivity index (χ1n) is 7.11. The fourth-order valence-electron chi connectivity index (χ4n) is 2.28. The number of amides is 1. The van der Waals surface area contributed by atoms with Gasteiger partial charge in [0.2, 0.25) is 0 Å². The molecule has 1 aromatic rings. The molecule has 5 heteroatoms. The van der Waals surface area contributed by atoms with Crippen molar-refractivity contribution in [3.05, 3.63) is 28.8 Å². The van der Waals surface area contributed by atoms with Crippen LogP contribution >= 0.6 is 0 Å². The van der Waals surface area contributed by atoms with Gasteiger partial charge >= 0.3 is 5.97 Å². The van der Waals surface area contributed by atoms with Gasteiger partial charge in [-0.2, -0.15) is 0 Å². The maximum absolute atomic E-state index is 12.2. The summed E-state index contributed by atoms with van der Waals surface area (Å²) in [4.78, 5) is 24.9. The Balaban J connectivity index is 2.98. The number of hydrogen-bond donors (Lipinski definition) is 1. The Kier molecular flexibility index (Phi) is 5.76. The minimum Gasteiger partial charge on any atom is -0.480 e. The van der Waals surface area contributed by atoms with Crippen molar-refractivity contribution in [2.75, 3.05) is 13.1 Å². The summed E-state index contributed by atoms with van der Waals surface area (Å²) in [7, 11) is 0. The molecule has 1 N–H and O–H groups in total. The lowest BCUT2D eigenvalue weighted by molar-refractivity contribution is -0.137. The van der Waals surface area contributed by atoms with E-state index >= 15 is 0 Å². The van der Waals surface area contributed by atoms with Crippen LogP contribution in [0, 0.1) is 13.8 Å². The van der Waals surface area contributed by atoms with Gasteiger partial charge in [0.05, 0.1) is 5.56 Å². The van der Waals surface area contributed by atoms with E-state index in [2.05, 4.69) is 0 Å². The minimum atomic E-state index is -0.972. The molecule has 0 heterocycles. The van der Waals surface area contributed by atoms with Crippen LogP contribution in [0.15, 0.2) is 12.1 Å². The maximum Gasteiger partial charge on any atom is 0.335 e. The third-order valence-corrected chi connectivity index (χ3v) is 3.42. The molecule has 5 nitrogen and oxygen atoms in total. The second kappa shape index (κ2) is 7.11. The Bertz CT molecular complexity index is 512. The standard InChI is InChI=1S/C16H23NO4/c1-6-17(7-2)15(18)12(5)21-14-10(3)8-13(16(19)20)9-11(14)4/h8-9,12H,6-7H2,1-5H3,(H,19,20). The molecule has 1 rings (SSSR count). The van der Waals surface area contributed by atoms with E-state index in [0.717, 1.165) is 0 Å². The number of carboxylic acids is 1. The van der Waals surface area contributed by atoms with Gasteiger partial charge in [-0.05, 0) is 57.9 Å². The van der Waals surface area contributed by atoms with Crippen molar-refractivity contribution in [1.82, 2.24) is 4.90 Å². The summed E-state index contributed by atoms with van der Waals surface area (Å²) in [6, 6.07) is 3.11. The molecule has 0 radical (unpaired) electrons. The average Bonchev–Trinajstić information content (AvgIpc) is 2.43. The van der Waals surface area contributed by atoms with E-state index in [1.54, 1.807) is 37.8 Å². The number of benzene rings is 1. The summed E-state index contributed by atoms with van der Waals surface area (Å²) in [5, 5.41) is 9.03. The molecular weight excluding hydrogens is 270 g/mol. The van der Waals surface area contributed by atoms with Gasteiger partial charge in [-0.3, -0.25) is 4.79 Å². The van der Waals surface area contributed by atoms with Crippen molar-refractivity contribution in [3.63, 3.8) is 0 Å².